The molecule has 1 aliphatic rings. The summed E-state index contributed by atoms with van der Waals surface area (Å²) in [6.45, 7) is 4.75. The van der Waals surface area contributed by atoms with Gasteiger partial charge in [-0.25, -0.2) is 0 Å². The van der Waals surface area contributed by atoms with Crippen LogP contribution in [0, 0.1) is 0 Å². The molecule has 0 aromatic rings. The molecule has 0 fully saturated rings. The van der Waals surface area contributed by atoms with Crippen molar-refractivity contribution in [2.75, 3.05) is 13.2 Å². The maximum atomic E-state index is 11.4. The molecule has 5 N–H and O–H groups in total. The van der Waals surface area contributed by atoms with E-state index in [0.717, 1.165) is 12.8 Å². The van der Waals surface area contributed by atoms with Crippen molar-refractivity contribution in [2.24, 2.45) is 10.7 Å². The molecular formula is C12H23N5O2. The van der Waals surface area contributed by atoms with E-state index in [-0.39, 0.29) is 12.5 Å². The summed E-state index contributed by atoms with van der Waals surface area (Å²) in [6.07, 6.45) is 3.68. The molecule has 7 heteroatoms. The average molecular weight is 269 g/mol. The first-order valence-electron chi connectivity index (χ1n) is 6.58. The van der Waals surface area contributed by atoms with Gasteiger partial charge >= 0.3 is 0 Å². The minimum absolute atomic E-state index is 0.0711. The maximum absolute atomic E-state index is 11.4. The van der Waals surface area contributed by atoms with Gasteiger partial charge in [0.1, 0.15) is 18.2 Å². The van der Waals surface area contributed by atoms with Crippen LogP contribution in [-0.2, 0) is 9.53 Å². The second-order valence-electron chi connectivity index (χ2n) is 4.18. The highest BCUT2D eigenvalue weighted by Crippen LogP contribution is 1.95. The van der Waals surface area contributed by atoms with Crippen molar-refractivity contribution in [1.82, 2.24) is 16.0 Å². The third-order valence-corrected chi connectivity index (χ3v) is 2.51. The minimum Gasteiger partial charge on any atom is -0.384 e. The van der Waals surface area contributed by atoms with Crippen LogP contribution in [0.4, 0.5) is 0 Å². The van der Waals surface area contributed by atoms with E-state index in [2.05, 4.69) is 27.9 Å². The van der Waals surface area contributed by atoms with Crippen molar-refractivity contribution in [3.63, 3.8) is 0 Å². The molecule has 1 aliphatic heterocycles. The van der Waals surface area contributed by atoms with Gasteiger partial charge in [-0.2, -0.15) is 0 Å². The second kappa shape index (κ2) is 8.36. The first kappa shape index (κ1) is 15.3. The first-order valence-corrected chi connectivity index (χ1v) is 6.58. The van der Waals surface area contributed by atoms with Crippen LogP contribution in [0.2, 0.25) is 0 Å². The third-order valence-electron chi connectivity index (χ3n) is 2.51. The largest absolute Gasteiger partial charge is 0.384 e. The standard InChI is InChI=1S/C12H23N5O2/c1-3-5-6-19-12-16-9(13)7-15-11(18)8-14-10(4-2)17-12/h7,12,16H,3-6,8,13H2,1-2H3,(H,14,17)(H,15,18)/b9-7+. The molecular weight excluding hydrogens is 246 g/mol. The topological polar surface area (TPSA) is 101 Å². The highest BCUT2D eigenvalue weighted by molar-refractivity contribution is 5.86. The number of nitrogens with zero attached hydrogens (tertiary/aromatic N) is 1. The zero-order valence-electron chi connectivity index (χ0n) is 11.5. The van der Waals surface area contributed by atoms with Crippen molar-refractivity contribution >= 4 is 11.7 Å². The van der Waals surface area contributed by atoms with Gasteiger partial charge in [0, 0.05) is 12.6 Å². The monoisotopic (exact) mass is 269 g/mol. The fourth-order valence-electron chi connectivity index (χ4n) is 1.44. The van der Waals surface area contributed by atoms with E-state index < -0.39 is 6.35 Å². The van der Waals surface area contributed by atoms with Gasteiger partial charge in [0.2, 0.25) is 12.3 Å². The number of nitrogens with two attached hydrogens (primary N) is 1. The number of rotatable bonds is 5. The number of amides is 1. The van der Waals surface area contributed by atoms with Crippen LogP contribution >= 0.6 is 0 Å². The van der Waals surface area contributed by atoms with E-state index in [1.165, 1.54) is 6.20 Å². The lowest BCUT2D eigenvalue weighted by atomic mass is 10.4. The molecule has 108 valence electrons. The summed E-state index contributed by atoms with van der Waals surface area (Å²) >= 11 is 0. The average Bonchev–Trinajstić information content (AvgIpc) is 2.40. The van der Waals surface area contributed by atoms with E-state index in [9.17, 15) is 4.79 Å². The predicted molar refractivity (Wildman–Crippen MR) is 73.9 cm³/mol. The molecule has 0 spiro atoms. The molecule has 0 aromatic carbocycles. The third kappa shape index (κ3) is 6.10. The van der Waals surface area contributed by atoms with Crippen LogP contribution < -0.4 is 21.7 Å². The Morgan fingerprint density at radius 1 is 1.47 bits per heavy atom. The summed E-state index contributed by atoms with van der Waals surface area (Å²) in [5.41, 5.74) is 5.74. The zero-order chi connectivity index (χ0) is 14.1. The number of unbranched alkanes of at least 4 members (excludes halogenated alkanes) is 1. The Morgan fingerprint density at radius 2 is 2.26 bits per heavy atom. The number of amidine groups is 1. The van der Waals surface area contributed by atoms with Crippen molar-refractivity contribution in [3.8, 4) is 0 Å². The molecule has 0 bridgehead atoms. The molecule has 7 nitrogen and oxygen atoms in total. The van der Waals surface area contributed by atoms with Crippen molar-refractivity contribution < 1.29 is 9.53 Å². The van der Waals surface area contributed by atoms with Gasteiger partial charge in [0.15, 0.2) is 0 Å². The smallest absolute Gasteiger partial charge is 0.245 e. The normalized spacial score (nSPS) is 23.3. The summed E-state index contributed by atoms with van der Waals surface area (Å²) < 4.78 is 5.65. The number of nitrogens with one attached hydrogen (secondary N) is 3. The van der Waals surface area contributed by atoms with Gasteiger partial charge < -0.3 is 26.4 Å². The van der Waals surface area contributed by atoms with Gasteiger partial charge in [0.05, 0.1) is 6.61 Å². The Kier molecular flexibility index (Phi) is 6.73. The lowest BCUT2D eigenvalue weighted by molar-refractivity contribution is -0.118. The Hall–Kier alpha value is -1.76. The van der Waals surface area contributed by atoms with Crippen LogP contribution in [-0.4, -0.2) is 31.2 Å². The zero-order valence-corrected chi connectivity index (χ0v) is 11.5. The number of carbonyl (C=O) groups is 1. The summed E-state index contributed by atoms with van der Waals surface area (Å²) in [6, 6.07) is 0. The molecule has 0 aromatic heterocycles. The quantitative estimate of drug-likeness (QED) is 0.525. The number of ether oxygens (including phenoxy) is 1. The van der Waals surface area contributed by atoms with Gasteiger partial charge in [0.25, 0.3) is 0 Å². The Bertz CT molecular complexity index is 354. The molecule has 19 heavy (non-hydrogen) atoms. The molecule has 0 saturated heterocycles. The van der Waals surface area contributed by atoms with E-state index in [1.807, 2.05) is 6.92 Å². The summed E-state index contributed by atoms with van der Waals surface area (Å²) in [7, 11) is 0. The number of aliphatic imine (C=N–C) groups is 1. The molecule has 1 atom stereocenters. The van der Waals surface area contributed by atoms with Crippen LogP contribution in [0.5, 0.6) is 0 Å². The molecule has 1 heterocycles. The minimum atomic E-state index is -0.448. The fraction of sp³-hybridized carbons (Fsp3) is 0.667. The lowest BCUT2D eigenvalue weighted by Crippen LogP contribution is -2.49. The van der Waals surface area contributed by atoms with E-state index in [1.54, 1.807) is 0 Å². The van der Waals surface area contributed by atoms with Gasteiger partial charge in [-0.1, -0.05) is 20.3 Å². The molecule has 1 amide bonds. The molecule has 1 unspecified atom stereocenters. The van der Waals surface area contributed by atoms with E-state index in [0.29, 0.717) is 24.7 Å². The Balaban J connectivity index is 2.68. The molecule has 0 saturated carbocycles. The maximum Gasteiger partial charge on any atom is 0.245 e. The highest BCUT2D eigenvalue weighted by atomic mass is 16.5. The molecule has 1 rings (SSSR count). The predicted octanol–water partition coefficient (Wildman–Crippen LogP) is -0.0382. The Morgan fingerprint density at radius 3 is 2.95 bits per heavy atom. The number of hydrogen-bond acceptors (Lipinski definition) is 6. The van der Waals surface area contributed by atoms with Crippen LogP contribution in [0.25, 0.3) is 0 Å². The van der Waals surface area contributed by atoms with Crippen molar-refractivity contribution in [1.29, 1.82) is 0 Å². The van der Waals surface area contributed by atoms with E-state index in [4.69, 9.17) is 10.5 Å². The van der Waals surface area contributed by atoms with Crippen molar-refractivity contribution in [2.45, 2.75) is 39.5 Å². The number of carbonyl (C=O) groups excluding carboxylic acids is 1. The van der Waals surface area contributed by atoms with Crippen LogP contribution in [0.1, 0.15) is 33.1 Å². The highest BCUT2D eigenvalue weighted by Gasteiger charge is 2.12. The van der Waals surface area contributed by atoms with E-state index >= 15 is 0 Å². The fourth-order valence-corrected chi connectivity index (χ4v) is 1.44. The van der Waals surface area contributed by atoms with Crippen LogP contribution in [0.3, 0.4) is 0 Å². The first-order chi connectivity index (χ1) is 9.15. The van der Waals surface area contributed by atoms with Gasteiger partial charge in [-0.3, -0.25) is 9.79 Å². The van der Waals surface area contributed by atoms with Gasteiger partial charge in [-0.15, -0.1) is 0 Å². The SMILES string of the molecule is CCCCOC1NC(CC)=NCC(=O)N/C=C(\N)N1. The second-order valence-corrected chi connectivity index (χ2v) is 4.18. The Labute approximate surface area is 113 Å². The van der Waals surface area contributed by atoms with Gasteiger partial charge in [-0.05, 0) is 6.42 Å². The summed E-state index contributed by atoms with van der Waals surface area (Å²) in [4.78, 5) is 15.6. The lowest BCUT2D eigenvalue weighted by Gasteiger charge is -2.24. The van der Waals surface area contributed by atoms with Crippen molar-refractivity contribution in [3.05, 3.63) is 12.0 Å². The number of hydrogen-bond donors (Lipinski definition) is 4. The van der Waals surface area contributed by atoms with Crippen LogP contribution in [0.15, 0.2) is 17.0 Å². The molecule has 0 aliphatic carbocycles. The summed E-state index contributed by atoms with van der Waals surface area (Å²) in [5.74, 6) is 0.835. The summed E-state index contributed by atoms with van der Waals surface area (Å²) in [5, 5.41) is 8.60. The molecule has 0 radical (unpaired) electrons.